The molecule has 13 heavy (non-hydrogen) atoms. The van der Waals surface area contributed by atoms with E-state index < -0.39 is 0 Å². The topological polar surface area (TPSA) is 0 Å². The summed E-state index contributed by atoms with van der Waals surface area (Å²) in [7, 11) is -0.0644. The first-order valence-electron chi connectivity index (χ1n) is 6.02. The standard InChI is InChI=1S/C12H27Si/c1-6-9-10-13(11(4)7-2)12(5)8-3/h11-12H,6-10H2,1-5H3. The maximum atomic E-state index is 2.47. The largest absolute Gasteiger partial charge is 0.0654 e. The molecule has 0 spiro atoms. The van der Waals surface area contributed by atoms with Crippen LogP contribution in [0.1, 0.15) is 60.3 Å². The fraction of sp³-hybridized carbons (Fsp3) is 1.00. The van der Waals surface area contributed by atoms with Crippen LogP contribution in [0.4, 0.5) is 0 Å². The zero-order valence-corrected chi connectivity index (χ0v) is 11.2. The van der Waals surface area contributed by atoms with Crippen LogP contribution < -0.4 is 0 Å². The third-order valence-corrected chi connectivity index (χ3v) is 7.59. The van der Waals surface area contributed by atoms with E-state index in [9.17, 15) is 0 Å². The van der Waals surface area contributed by atoms with Crippen LogP contribution >= 0.6 is 0 Å². The highest BCUT2D eigenvalue weighted by Gasteiger charge is 2.22. The fourth-order valence-electron chi connectivity index (χ4n) is 1.88. The lowest BCUT2D eigenvalue weighted by Crippen LogP contribution is -2.23. The summed E-state index contributed by atoms with van der Waals surface area (Å²) in [6.45, 7) is 12.0. The Morgan fingerprint density at radius 3 is 1.69 bits per heavy atom. The monoisotopic (exact) mass is 199 g/mol. The Kier molecular flexibility index (Phi) is 7.73. The van der Waals surface area contributed by atoms with Crippen LogP contribution in [0.3, 0.4) is 0 Å². The van der Waals surface area contributed by atoms with Crippen molar-refractivity contribution in [3.8, 4) is 0 Å². The maximum absolute atomic E-state index is 2.47. The molecule has 0 bridgehead atoms. The molecule has 0 aliphatic heterocycles. The zero-order valence-electron chi connectivity index (χ0n) is 10.2. The summed E-state index contributed by atoms with van der Waals surface area (Å²) in [5.74, 6) is 0. The van der Waals surface area contributed by atoms with E-state index in [1.54, 1.807) is 6.04 Å². The molecule has 0 aliphatic rings. The van der Waals surface area contributed by atoms with Crippen molar-refractivity contribution in [2.24, 2.45) is 0 Å². The van der Waals surface area contributed by atoms with E-state index in [-0.39, 0.29) is 8.80 Å². The average molecular weight is 199 g/mol. The highest BCUT2D eigenvalue weighted by molar-refractivity contribution is 6.61. The molecule has 0 amide bonds. The SMILES string of the molecule is CCCC[Si](C(C)CC)C(C)CC. The van der Waals surface area contributed by atoms with Crippen molar-refractivity contribution in [3.63, 3.8) is 0 Å². The lowest BCUT2D eigenvalue weighted by atomic mass is 10.3. The Labute approximate surface area is 86.7 Å². The van der Waals surface area contributed by atoms with Gasteiger partial charge in [0.15, 0.2) is 0 Å². The van der Waals surface area contributed by atoms with Crippen LogP contribution in [0.15, 0.2) is 0 Å². The van der Waals surface area contributed by atoms with Crippen LogP contribution in [-0.4, -0.2) is 8.80 Å². The molecule has 2 atom stereocenters. The van der Waals surface area contributed by atoms with E-state index in [2.05, 4.69) is 34.6 Å². The number of rotatable bonds is 7. The van der Waals surface area contributed by atoms with Crippen molar-refractivity contribution < 1.29 is 0 Å². The normalized spacial score (nSPS) is 16.2. The second-order valence-corrected chi connectivity index (χ2v) is 7.92. The third-order valence-electron chi connectivity index (χ3n) is 3.31. The molecular formula is C12H27Si. The highest BCUT2D eigenvalue weighted by Crippen LogP contribution is 2.30. The molecule has 0 fully saturated rings. The van der Waals surface area contributed by atoms with Gasteiger partial charge in [-0.15, -0.1) is 0 Å². The Bertz CT molecular complexity index is 102. The van der Waals surface area contributed by atoms with Crippen molar-refractivity contribution in [2.45, 2.75) is 77.4 Å². The Hall–Kier alpha value is 0.217. The van der Waals surface area contributed by atoms with Gasteiger partial charge in [0.1, 0.15) is 0 Å². The minimum Gasteiger partial charge on any atom is -0.0654 e. The van der Waals surface area contributed by atoms with Crippen molar-refractivity contribution in [1.82, 2.24) is 0 Å². The minimum atomic E-state index is -0.0644. The van der Waals surface area contributed by atoms with Gasteiger partial charge in [-0.05, 0) is 11.1 Å². The van der Waals surface area contributed by atoms with Crippen molar-refractivity contribution in [2.75, 3.05) is 0 Å². The van der Waals surface area contributed by atoms with Crippen LogP contribution in [-0.2, 0) is 0 Å². The summed E-state index contributed by atoms with van der Waals surface area (Å²) in [6, 6.07) is 1.55. The van der Waals surface area contributed by atoms with E-state index in [1.165, 1.54) is 25.7 Å². The summed E-state index contributed by atoms with van der Waals surface area (Å²) >= 11 is 0. The molecule has 0 saturated heterocycles. The molecule has 0 aromatic rings. The lowest BCUT2D eigenvalue weighted by molar-refractivity contribution is 0.752. The molecule has 0 N–H and O–H groups in total. The first-order valence-corrected chi connectivity index (χ1v) is 7.89. The number of hydrogen-bond acceptors (Lipinski definition) is 0. The van der Waals surface area contributed by atoms with Crippen LogP contribution in [0, 0.1) is 0 Å². The highest BCUT2D eigenvalue weighted by atomic mass is 28.3. The fourth-order valence-corrected chi connectivity index (χ4v) is 5.65. The quantitative estimate of drug-likeness (QED) is 0.513. The van der Waals surface area contributed by atoms with Gasteiger partial charge in [0.2, 0.25) is 0 Å². The summed E-state index contributed by atoms with van der Waals surface area (Å²) in [5, 5.41) is 0. The van der Waals surface area contributed by atoms with Crippen LogP contribution in [0.2, 0.25) is 17.1 Å². The van der Waals surface area contributed by atoms with Crippen molar-refractivity contribution >= 4 is 8.80 Å². The molecule has 0 rings (SSSR count). The van der Waals surface area contributed by atoms with Crippen LogP contribution in [0.25, 0.3) is 0 Å². The molecule has 0 aromatic carbocycles. The minimum absolute atomic E-state index is 0.0644. The van der Waals surface area contributed by atoms with Gasteiger partial charge in [-0.3, -0.25) is 0 Å². The van der Waals surface area contributed by atoms with E-state index in [0.29, 0.717) is 0 Å². The van der Waals surface area contributed by atoms with E-state index in [0.717, 1.165) is 11.1 Å². The molecular weight excluding hydrogens is 172 g/mol. The van der Waals surface area contributed by atoms with Crippen LogP contribution in [0.5, 0.6) is 0 Å². The van der Waals surface area contributed by atoms with Gasteiger partial charge in [-0.1, -0.05) is 66.3 Å². The van der Waals surface area contributed by atoms with Crippen molar-refractivity contribution in [3.05, 3.63) is 0 Å². The molecule has 0 aliphatic carbocycles. The predicted molar refractivity (Wildman–Crippen MR) is 64.9 cm³/mol. The van der Waals surface area contributed by atoms with E-state index in [1.807, 2.05) is 0 Å². The molecule has 79 valence electrons. The molecule has 1 radical (unpaired) electrons. The first kappa shape index (κ1) is 13.2. The zero-order chi connectivity index (χ0) is 10.3. The van der Waals surface area contributed by atoms with Gasteiger partial charge in [0.05, 0.1) is 8.80 Å². The first-order chi connectivity index (χ1) is 6.17. The molecule has 2 unspecified atom stereocenters. The Balaban J connectivity index is 4.01. The Morgan fingerprint density at radius 2 is 1.38 bits per heavy atom. The predicted octanol–water partition coefficient (Wildman–Crippen LogP) is 4.88. The van der Waals surface area contributed by atoms with Gasteiger partial charge in [-0.2, -0.15) is 0 Å². The summed E-state index contributed by atoms with van der Waals surface area (Å²) in [6.07, 6.45) is 5.62. The number of hydrogen-bond donors (Lipinski definition) is 0. The second kappa shape index (κ2) is 7.60. The number of unbranched alkanes of at least 4 members (excludes halogenated alkanes) is 1. The molecule has 1 heteroatoms. The van der Waals surface area contributed by atoms with Gasteiger partial charge in [0, 0.05) is 0 Å². The van der Waals surface area contributed by atoms with Crippen molar-refractivity contribution in [1.29, 1.82) is 0 Å². The lowest BCUT2D eigenvalue weighted by Gasteiger charge is -2.26. The third kappa shape index (κ3) is 4.85. The molecule has 0 heterocycles. The van der Waals surface area contributed by atoms with Gasteiger partial charge >= 0.3 is 0 Å². The van der Waals surface area contributed by atoms with E-state index >= 15 is 0 Å². The average Bonchev–Trinajstić information content (AvgIpc) is 2.17. The maximum Gasteiger partial charge on any atom is 0.0539 e. The Morgan fingerprint density at radius 1 is 0.923 bits per heavy atom. The van der Waals surface area contributed by atoms with E-state index in [4.69, 9.17) is 0 Å². The molecule has 0 saturated carbocycles. The van der Waals surface area contributed by atoms with Gasteiger partial charge in [0.25, 0.3) is 0 Å². The summed E-state index contributed by atoms with van der Waals surface area (Å²) in [4.78, 5) is 0. The summed E-state index contributed by atoms with van der Waals surface area (Å²) < 4.78 is 0. The summed E-state index contributed by atoms with van der Waals surface area (Å²) in [5.41, 5.74) is 2.04. The smallest absolute Gasteiger partial charge is 0.0539 e. The second-order valence-electron chi connectivity index (χ2n) is 4.30. The van der Waals surface area contributed by atoms with Gasteiger partial charge in [-0.25, -0.2) is 0 Å². The molecule has 0 aromatic heterocycles. The van der Waals surface area contributed by atoms with Gasteiger partial charge < -0.3 is 0 Å². The molecule has 0 nitrogen and oxygen atoms in total.